The van der Waals surface area contributed by atoms with Gasteiger partial charge in [-0.05, 0) is 70.4 Å². The lowest BCUT2D eigenvalue weighted by Gasteiger charge is -2.50. The molecule has 6 atom stereocenters. The van der Waals surface area contributed by atoms with Crippen LogP contribution in [0.5, 0.6) is 0 Å². The minimum absolute atomic E-state index is 0.0132. The minimum Gasteiger partial charge on any atom is -0.508 e. The second kappa shape index (κ2) is 10.1. The van der Waals surface area contributed by atoms with Gasteiger partial charge < -0.3 is 31.5 Å². The van der Waals surface area contributed by atoms with Crippen LogP contribution in [0.3, 0.4) is 0 Å². The maximum absolute atomic E-state index is 13.9. The van der Waals surface area contributed by atoms with Gasteiger partial charge in [0.1, 0.15) is 23.2 Å². The first kappa shape index (κ1) is 28.5. The number of fused-ring (bicyclic) bond motifs is 2. The number of hydrogen-bond acceptors (Lipinski definition) is 10. The number of hydrogen-bond donors (Lipinski definition) is 6. The van der Waals surface area contributed by atoms with E-state index in [-0.39, 0.29) is 41.5 Å². The highest BCUT2D eigenvalue weighted by atomic mass is 35.5. The summed E-state index contributed by atoms with van der Waals surface area (Å²) in [7, 11) is 3.08. The third-order valence-electron chi connectivity index (χ3n) is 8.80. The van der Waals surface area contributed by atoms with Crippen LogP contribution in [0.1, 0.15) is 25.7 Å². The smallest absolute Gasteiger partial charge is 0.255 e. The summed E-state index contributed by atoms with van der Waals surface area (Å²) < 4.78 is 0. The number of primary amides is 1. The minimum atomic E-state index is -2.71. The molecule has 0 bridgehead atoms. The normalized spacial score (nSPS) is 34.5. The number of halogens is 1. The Morgan fingerprint density at radius 3 is 2.45 bits per heavy atom. The van der Waals surface area contributed by atoms with Gasteiger partial charge in [-0.2, -0.15) is 0 Å². The number of likely N-dealkylation sites (N-methyl/N-ethyl adjacent to an activating group) is 1. The van der Waals surface area contributed by atoms with E-state index in [9.17, 15) is 39.6 Å². The Balaban J connectivity index is 1.52. The molecule has 0 aromatic heterocycles. The second-order valence-electron chi connectivity index (χ2n) is 11.4. The van der Waals surface area contributed by atoms with Crippen LogP contribution >= 0.6 is 11.6 Å². The summed E-state index contributed by atoms with van der Waals surface area (Å²) in [5.41, 5.74) is 1.96. The van der Waals surface area contributed by atoms with Gasteiger partial charge in [0.05, 0.1) is 18.6 Å². The van der Waals surface area contributed by atoms with Gasteiger partial charge in [0.2, 0.25) is 11.7 Å². The molecule has 4 aliphatic carbocycles. The number of nitrogens with two attached hydrogens (primary N) is 1. The van der Waals surface area contributed by atoms with Crippen molar-refractivity contribution in [2.45, 2.75) is 49.5 Å². The topological polar surface area (TPSA) is 194 Å². The van der Waals surface area contributed by atoms with Crippen molar-refractivity contribution in [2.75, 3.05) is 33.7 Å². The van der Waals surface area contributed by atoms with Crippen LogP contribution in [0.15, 0.2) is 44.9 Å². The quantitative estimate of drug-likeness (QED) is 0.228. The van der Waals surface area contributed by atoms with Gasteiger partial charge in [-0.1, -0.05) is 11.6 Å². The first-order valence-electron chi connectivity index (χ1n) is 13.2. The van der Waals surface area contributed by atoms with E-state index in [1.165, 1.54) is 19.0 Å². The molecule has 4 unspecified atom stereocenters. The number of nitrogens with one attached hydrogen (secondary N) is 1. The first-order chi connectivity index (χ1) is 18.8. The highest BCUT2D eigenvalue weighted by Gasteiger charge is 2.64. The van der Waals surface area contributed by atoms with Crippen molar-refractivity contribution in [3.8, 4) is 0 Å². The SMILES string of the molecule is CN(C)[C@@H]1C(=O)C(C(N)=O)=C(O)[C@@]2(O)C(=O)C3=C(O)C4=C(C=C(Cl)C(NC(=O)CN5CCCC5)C4O)CC3CC12. The van der Waals surface area contributed by atoms with Crippen molar-refractivity contribution < 1.29 is 39.6 Å². The largest absolute Gasteiger partial charge is 0.508 e. The summed E-state index contributed by atoms with van der Waals surface area (Å²) >= 11 is 6.49. The standard InChI is InChI=1S/C27H33ClN4O8/c1-31(2)20-13-8-11-7-12-9-14(28)19(30-15(33)10-32-5-3-4-6-32)22(35)16(12)21(34)17(11)24(37)27(13,40)25(38)18(23(20)36)26(29)39/h9,11,13,19-20,22,34-35,38,40H,3-8,10H2,1-2H3,(H2,29,39)(H,30,33)/t11?,13?,19?,20-,22?,27-/m0/s1. The average Bonchev–Trinajstić information content (AvgIpc) is 3.36. The van der Waals surface area contributed by atoms with E-state index in [0.29, 0.717) is 5.57 Å². The molecule has 12 nitrogen and oxygen atoms in total. The molecule has 1 saturated carbocycles. The van der Waals surface area contributed by atoms with Crippen molar-refractivity contribution in [1.82, 2.24) is 15.1 Å². The molecule has 2 amide bonds. The number of carbonyl (C=O) groups excluding carboxylic acids is 4. The van der Waals surface area contributed by atoms with Gasteiger partial charge in [-0.3, -0.25) is 29.0 Å². The molecular formula is C27H33ClN4O8. The summed E-state index contributed by atoms with van der Waals surface area (Å²) in [4.78, 5) is 55.3. The Labute approximate surface area is 235 Å². The van der Waals surface area contributed by atoms with Gasteiger partial charge >= 0.3 is 0 Å². The molecule has 40 heavy (non-hydrogen) atoms. The van der Waals surface area contributed by atoms with Crippen molar-refractivity contribution in [2.24, 2.45) is 17.6 Å². The lowest BCUT2D eigenvalue weighted by Crippen LogP contribution is -2.65. The molecule has 13 heteroatoms. The number of Topliss-reactive ketones (excluding diaryl/α,β-unsaturated/α-hetero) is 2. The van der Waals surface area contributed by atoms with Crippen LogP contribution in [0.2, 0.25) is 0 Å². The van der Waals surface area contributed by atoms with Crippen molar-refractivity contribution in [3.05, 3.63) is 44.9 Å². The fourth-order valence-corrected chi connectivity index (χ4v) is 7.28. The molecule has 1 saturated heterocycles. The van der Waals surface area contributed by atoms with E-state index in [2.05, 4.69) is 5.32 Å². The third-order valence-corrected chi connectivity index (χ3v) is 9.14. The van der Waals surface area contributed by atoms with Gasteiger partial charge in [0.15, 0.2) is 11.4 Å². The summed E-state index contributed by atoms with van der Waals surface area (Å²) in [6.07, 6.45) is 2.15. The molecule has 0 aromatic carbocycles. The number of carbonyl (C=O) groups is 4. The van der Waals surface area contributed by atoms with E-state index in [1.54, 1.807) is 6.08 Å². The Kier molecular flexibility index (Phi) is 7.20. The van der Waals surface area contributed by atoms with Gasteiger partial charge in [-0.15, -0.1) is 0 Å². The number of rotatable bonds is 5. The number of likely N-dealkylation sites (tertiary alicyclic amines) is 1. The number of nitrogens with zero attached hydrogens (tertiary/aromatic N) is 2. The van der Waals surface area contributed by atoms with E-state index >= 15 is 0 Å². The molecule has 5 aliphatic rings. The van der Waals surface area contributed by atoms with Crippen molar-refractivity contribution in [3.63, 3.8) is 0 Å². The number of ketones is 2. The van der Waals surface area contributed by atoms with E-state index < -0.39 is 70.2 Å². The Bertz CT molecular complexity index is 1330. The third kappa shape index (κ3) is 4.20. The number of allylic oxidation sites excluding steroid dienone is 2. The summed E-state index contributed by atoms with van der Waals surface area (Å²) in [5, 5.41) is 48.1. The van der Waals surface area contributed by atoms with Gasteiger partial charge in [0, 0.05) is 22.1 Å². The average molecular weight is 577 g/mol. The fourth-order valence-electron chi connectivity index (χ4n) is 6.98. The molecule has 216 valence electrons. The Morgan fingerprint density at radius 1 is 1.20 bits per heavy atom. The Hall–Kier alpha value is -3.03. The van der Waals surface area contributed by atoms with Crippen LogP contribution in [0, 0.1) is 11.8 Å². The molecule has 0 radical (unpaired) electrons. The van der Waals surface area contributed by atoms with Gasteiger partial charge in [-0.25, -0.2) is 0 Å². The summed E-state index contributed by atoms with van der Waals surface area (Å²) in [5.74, 6) is -7.13. The molecule has 5 rings (SSSR count). The first-order valence-corrected chi connectivity index (χ1v) is 13.6. The molecule has 0 aromatic rings. The number of amides is 2. The zero-order chi connectivity index (χ0) is 29.3. The van der Waals surface area contributed by atoms with Crippen LogP contribution in [0.4, 0.5) is 0 Å². The molecule has 7 N–H and O–H groups in total. The van der Waals surface area contributed by atoms with Crippen molar-refractivity contribution >= 4 is 35.0 Å². The predicted octanol–water partition coefficient (Wildman–Crippen LogP) is -0.677. The lowest BCUT2D eigenvalue weighted by molar-refractivity contribution is -0.154. The molecular weight excluding hydrogens is 544 g/mol. The van der Waals surface area contributed by atoms with Crippen LogP contribution in [-0.2, 0) is 19.2 Å². The molecule has 2 fully saturated rings. The maximum atomic E-state index is 13.9. The van der Waals surface area contributed by atoms with Gasteiger partial charge in [0.25, 0.3) is 5.91 Å². The van der Waals surface area contributed by atoms with E-state index in [0.717, 1.165) is 25.9 Å². The zero-order valence-electron chi connectivity index (χ0n) is 22.2. The van der Waals surface area contributed by atoms with Crippen LogP contribution < -0.4 is 11.1 Å². The van der Waals surface area contributed by atoms with Crippen LogP contribution in [-0.4, -0.2) is 111 Å². The number of aliphatic hydroxyl groups excluding tert-OH is 3. The Morgan fingerprint density at radius 2 is 1.85 bits per heavy atom. The molecule has 1 heterocycles. The highest BCUT2D eigenvalue weighted by Crippen LogP contribution is 2.53. The highest BCUT2D eigenvalue weighted by molar-refractivity contribution is 6.31. The van der Waals surface area contributed by atoms with E-state index in [4.69, 9.17) is 17.3 Å². The second-order valence-corrected chi connectivity index (χ2v) is 11.8. The predicted molar refractivity (Wildman–Crippen MR) is 142 cm³/mol. The van der Waals surface area contributed by atoms with E-state index in [1.807, 2.05) is 4.90 Å². The molecule has 1 aliphatic heterocycles. The molecule has 0 spiro atoms. The summed E-state index contributed by atoms with van der Waals surface area (Å²) in [6.45, 7) is 1.71. The lowest BCUT2D eigenvalue weighted by atomic mass is 9.57. The maximum Gasteiger partial charge on any atom is 0.255 e. The van der Waals surface area contributed by atoms with Crippen molar-refractivity contribution in [1.29, 1.82) is 0 Å². The monoisotopic (exact) mass is 576 g/mol. The van der Waals surface area contributed by atoms with Crippen LogP contribution in [0.25, 0.3) is 0 Å². The zero-order valence-corrected chi connectivity index (χ0v) is 22.9. The fraction of sp³-hybridized carbons (Fsp3) is 0.556. The summed E-state index contributed by atoms with van der Waals surface area (Å²) in [6, 6.07) is -2.23. The number of aliphatic hydroxyl groups is 4.